The van der Waals surface area contributed by atoms with Crippen LogP contribution in [0.4, 0.5) is 4.39 Å². The predicted octanol–water partition coefficient (Wildman–Crippen LogP) is 3.46. The third-order valence-electron chi connectivity index (χ3n) is 3.14. The molecule has 0 radical (unpaired) electrons. The topological polar surface area (TPSA) is 64.3 Å². The lowest BCUT2D eigenvalue weighted by Gasteiger charge is -2.20. The molecule has 6 heteroatoms. The van der Waals surface area contributed by atoms with E-state index in [2.05, 4.69) is 5.32 Å². The first-order valence-electron chi connectivity index (χ1n) is 7.31. The van der Waals surface area contributed by atoms with Gasteiger partial charge in [0, 0.05) is 11.1 Å². The summed E-state index contributed by atoms with van der Waals surface area (Å²) in [7, 11) is 0. The molecule has 1 rings (SSSR count). The maximum absolute atomic E-state index is 12.8. The highest BCUT2D eigenvalue weighted by Crippen LogP contribution is 2.16. The monoisotopic (exact) mass is 344 g/mol. The van der Waals surface area contributed by atoms with Gasteiger partial charge in [-0.2, -0.15) is 0 Å². The first-order valence-corrected chi connectivity index (χ1v) is 7.31. The summed E-state index contributed by atoms with van der Waals surface area (Å²) < 4.78 is 18.3. The summed E-state index contributed by atoms with van der Waals surface area (Å²) in [6, 6.07) is 6.75. The maximum Gasteiger partial charge on any atom is 0.251 e. The average molecular weight is 345 g/mol. The Balaban J connectivity index is 0.00000484. The molecule has 0 aromatic heterocycles. The standard InChI is InChI=1S/C17H25FN2O2.ClH/c1-12(10-19)14(9-18)11-22-15-7-5-13(6-8-15)16(21)20-17(2,3)4;/h5-9,12H,10-11,19H2,1-4H3,(H,20,21);1H/b14-9+;. The van der Waals surface area contributed by atoms with Gasteiger partial charge in [0.25, 0.3) is 5.91 Å². The Morgan fingerprint density at radius 1 is 1.35 bits per heavy atom. The quantitative estimate of drug-likeness (QED) is 0.830. The normalized spacial score (nSPS) is 13.0. The summed E-state index contributed by atoms with van der Waals surface area (Å²) in [5.41, 5.74) is 6.29. The van der Waals surface area contributed by atoms with Crippen molar-refractivity contribution in [1.82, 2.24) is 5.32 Å². The molecule has 1 unspecified atom stereocenters. The van der Waals surface area contributed by atoms with Crippen molar-refractivity contribution in [3.63, 3.8) is 0 Å². The van der Waals surface area contributed by atoms with E-state index in [1.54, 1.807) is 24.3 Å². The van der Waals surface area contributed by atoms with Gasteiger partial charge in [0.1, 0.15) is 12.4 Å². The van der Waals surface area contributed by atoms with E-state index in [4.69, 9.17) is 10.5 Å². The molecular weight excluding hydrogens is 319 g/mol. The van der Waals surface area contributed by atoms with Crippen LogP contribution in [0.5, 0.6) is 5.75 Å². The average Bonchev–Trinajstić information content (AvgIpc) is 2.46. The lowest BCUT2D eigenvalue weighted by atomic mass is 10.0. The number of hydrogen-bond acceptors (Lipinski definition) is 3. The summed E-state index contributed by atoms with van der Waals surface area (Å²) in [6.45, 7) is 8.12. The molecule has 0 fully saturated rings. The van der Waals surface area contributed by atoms with Crippen LogP contribution in [0.15, 0.2) is 36.2 Å². The van der Waals surface area contributed by atoms with Crippen LogP contribution in [-0.2, 0) is 0 Å². The van der Waals surface area contributed by atoms with Gasteiger partial charge < -0.3 is 15.8 Å². The van der Waals surface area contributed by atoms with Crippen LogP contribution < -0.4 is 15.8 Å². The van der Waals surface area contributed by atoms with Gasteiger partial charge >= 0.3 is 0 Å². The van der Waals surface area contributed by atoms with Crippen LogP contribution in [0.2, 0.25) is 0 Å². The fourth-order valence-electron chi connectivity index (χ4n) is 1.71. The molecule has 0 spiro atoms. The molecule has 0 aliphatic carbocycles. The number of nitrogens with one attached hydrogen (secondary N) is 1. The molecule has 1 atom stereocenters. The Bertz CT molecular complexity index is 524. The molecule has 0 aliphatic rings. The minimum atomic E-state index is -0.286. The second kappa shape index (κ2) is 9.53. The molecule has 130 valence electrons. The Morgan fingerprint density at radius 2 is 1.91 bits per heavy atom. The van der Waals surface area contributed by atoms with Gasteiger partial charge in [0.15, 0.2) is 0 Å². The SMILES string of the molecule is CC(CN)/C(=C/F)COc1ccc(C(=O)NC(C)(C)C)cc1.Cl. The van der Waals surface area contributed by atoms with Crippen molar-refractivity contribution >= 4 is 18.3 Å². The van der Waals surface area contributed by atoms with Crippen molar-refractivity contribution < 1.29 is 13.9 Å². The molecule has 1 aromatic rings. The molecule has 0 saturated carbocycles. The van der Waals surface area contributed by atoms with Gasteiger partial charge in [-0.3, -0.25) is 4.79 Å². The smallest absolute Gasteiger partial charge is 0.251 e. The van der Waals surface area contributed by atoms with Crippen LogP contribution in [0, 0.1) is 5.92 Å². The van der Waals surface area contributed by atoms with Crippen LogP contribution in [0.1, 0.15) is 38.1 Å². The van der Waals surface area contributed by atoms with Gasteiger partial charge in [-0.1, -0.05) is 6.92 Å². The molecule has 3 N–H and O–H groups in total. The Labute approximate surface area is 143 Å². The van der Waals surface area contributed by atoms with Gasteiger partial charge in [0.2, 0.25) is 0 Å². The second-order valence-electron chi connectivity index (χ2n) is 6.34. The van der Waals surface area contributed by atoms with Gasteiger partial charge in [-0.25, -0.2) is 4.39 Å². The highest BCUT2D eigenvalue weighted by atomic mass is 35.5. The summed E-state index contributed by atoms with van der Waals surface area (Å²) in [4.78, 5) is 12.0. The number of nitrogens with two attached hydrogens (primary N) is 1. The first kappa shape index (κ1) is 21.4. The van der Waals surface area contributed by atoms with E-state index in [-0.39, 0.29) is 36.4 Å². The van der Waals surface area contributed by atoms with E-state index in [0.717, 1.165) is 0 Å². The van der Waals surface area contributed by atoms with Crippen LogP contribution in [-0.4, -0.2) is 24.6 Å². The molecule has 0 bridgehead atoms. The van der Waals surface area contributed by atoms with E-state index in [1.807, 2.05) is 27.7 Å². The zero-order chi connectivity index (χ0) is 16.8. The summed E-state index contributed by atoms with van der Waals surface area (Å²) >= 11 is 0. The molecule has 4 nitrogen and oxygen atoms in total. The number of halogens is 2. The Kier molecular flexibility index (Phi) is 8.87. The Morgan fingerprint density at radius 3 is 2.35 bits per heavy atom. The van der Waals surface area contributed by atoms with Crippen LogP contribution in [0.3, 0.4) is 0 Å². The van der Waals surface area contributed by atoms with Crippen molar-refractivity contribution in [2.45, 2.75) is 33.2 Å². The van der Waals surface area contributed by atoms with E-state index in [1.165, 1.54) is 0 Å². The van der Waals surface area contributed by atoms with Crippen molar-refractivity contribution in [2.24, 2.45) is 11.7 Å². The minimum absolute atomic E-state index is 0. The summed E-state index contributed by atoms with van der Waals surface area (Å²) in [5, 5.41) is 2.88. The summed E-state index contributed by atoms with van der Waals surface area (Å²) in [6.07, 6.45) is 0.544. The first-order chi connectivity index (χ1) is 10.3. The predicted molar refractivity (Wildman–Crippen MR) is 93.8 cm³/mol. The fourth-order valence-corrected chi connectivity index (χ4v) is 1.71. The van der Waals surface area contributed by atoms with Gasteiger partial charge in [-0.05, 0) is 63.1 Å². The van der Waals surface area contributed by atoms with Crippen LogP contribution in [0.25, 0.3) is 0 Å². The number of benzene rings is 1. The number of hydrogen-bond donors (Lipinski definition) is 2. The number of carbonyl (C=O) groups excluding carboxylic acids is 1. The van der Waals surface area contributed by atoms with Gasteiger partial charge in [0.05, 0.1) is 6.33 Å². The highest BCUT2D eigenvalue weighted by Gasteiger charge is 2.15. The van der Waals surface area contributed by atoms with Crippen molar-refractivity contribution in [1.29, 1.82) is 0 Å². The second-order valence-corrected chi connectivity index (χ2v) is 6.34. The van der Waals surface area contributed by atoms with Crippen molar-refractivity contribution in [3.8, 4) is 5.75 Å². The van der Waals surface area contributed by atoms with E-state index < -0.39 is 0 Å². The lowest BCUT2D eigenvalue weighted by molar-refractivity contribution is 0.0919. The number of rotatable bonds is 6. The zero-order valence-electron chi connectivity index (χ0n) is 14.1. The van der Waals surface area contributed by atoms with Crippen molar-refractivity contribution in [3.05, 3.63) is 41.7 Å². The number of amides is 1. The number of ether oxygens (including phenoxy) is 1. The van der Waals surface area contributed by atoms with Crippen LogP contribution >= 0.6 is 12.4 Å². The zero-order valence-corrected chi connectivity index (χ0v) is 14.9. The van der Waals surface area contributed by atoms with E-state index in [9.17, 15) is 9.18 Å². The third kappa shape index (κ3) is 7.48. The third-order valence-corrected chi connectivity index (χ3v) is 3.14. The lowest BCUT2D eigenvalue weighted by Crippen LogP contribution is -2.40. The molecule has 0 saturated heterocycles. The highest BCUT2D eigenvalue weighted by molar-refractivity contribution is 5.94. The molecule has 0 aliphatic heterocycles. The van der Waals surface area contributed by atoms with E-state index in [0.29, 0.717) is 29.8 Å². The van der Waals surface area contributed by atoms with Gasteiger partial charge in [-0.15, -0.1) is 12.4 Å². The maximum atomic E-state index is 12.8. The molecular formula is C17H26ClFN2O2. The molecule has 1 amide bonds. The molecule has 0 heterocycles. The minimum Gasteiger partial charge on any atom is -0.489 e. The molecule has 23 heavy (non-hydrogen) atoms. The Hall–Kier alpha value is -1.59. The largest absolute Gasteiger partial charge is 0.489 e. The van der Waals surface area contributed by atoms with E-state index >= 15 is 0 Å². The fraction of sp³-hybridized carbons (Fsp3) is 0.471. The van der Waals surface area contributed by atoms with Crippen molar-refractivity contribution in [2.75, 3.05) is 13.2 Å². The molecule has 1 aromatic carbocycles. The summed E-state index contributed by atoms with van der Waals surface area (Å²) in [5.74, 6) is 0.373. The number of carbonyl (C=O) groups is 1.